The van der Waals surface area contributed by atoms with E-state index in [4.69, 9.17) is 0 Å². The summed E-state index contributed by atoms with van der Waals surface area (Å²) in [5.74, 6) is 1.39. The second-order valence-corrected chi connectivity index (χ2v) is 7.43. The number of benzene rings is 2. The fourth-order valence-electron chi connectivity index (χ4n) is 3.65. The molecule has 1 aliphatic heterocycles. The molecule has 2 N–H and O–H groups in total. The third-order valence-corrected chi connectivity index (χ3v) is 5.39. The van der Waals surface area contributed by atoms with E-state index >= 15 is 0 Å². The molecule has 2 aromatic carbocycles. The van der Waals surface area contributed by atoms with E-state index < -0.39 is 0 Å². The van der Waals surface area contributed by atoms with Crippen LogP contribution in [-0.2, 0) is 13.0 Å². The normalized spacial score (nSPS) is 15.6. The number of piperidine rings is 1. The fourth-order valence-corrected chi connectivity index (χ4v) is 3.65. The molecule has 4 nitrogen and oxygen atoms in total. The monoisotopic (exact) mass is 510 g/mol. The third-order valence-electron chi connectivity index (χ3n) is 5.39. The Balaban J connectivity index is 0.00000300. The summed E-state index contributed by atoms with van der Waals surface area (Å²) in [5.41, 5.74) is 2.12. The standard InChI is InChI=1S/C23H31FN4.HI/c1-25-23(26-14-11-19-7-3-2-4-8-19)27-17-20-12-15-28(16-13-20)18-21-9-5-6-10-22(21)24;/h2-10,20H,11-18H2,1H3,(H2,25,26,27);1H. The first-order valence-electron chi connectivity index (χ1n) is 10.2. The molecule has 0 aromatic heterocycles. The Hall–Kier alpha value is -1.67. The summed E-state index contributed by atoms with van der Waals surface area (Å²) in [7, 11) is 1.81. The van der Waals surface area contributed by atoms with Crippen LogP contribution in [0.15, 0.2) is 59.6 Å². The van der Waals surface area contributed by atoms with E-state index in [1.54, 1.807) is 12.1 Å². The highest BCUT2D eigenvalue weighted by atomic mass is 127. The smallest absolute Gasteiger partial charge is 0.190 e. The summed E-state index contributed by atoms with van der Waals surface area (Å²) in [6.45, 7) is 4.53. The fraction of sp³-hybridized carbons (Fsp3) is 0.435. The van der Waals surface area contributed by atoms with Gasteiger partial charge in [-0.1, -0.05) is 48.5 Å². The highest BCUT2D eigenvalue weighted by molar-refractivity contribution is 14.0. The molecule has 0 unspecified atom stereocenters. The van der Waals surface area contributed by atoms with Crippen LogP contribution in [0.25, 0.3) is 0 Å². The van der Waals surface area contributed by atoms with E-state index in [-0.39, 0.29) is 29.8 Å². The van der Waals surface area contributed by atoms with Crippen LogP contribution in [-0.4, -0.2) is 44.1 Å². The number of nitrogens with zero attached hydrogens (tertiary/aromatic N) is 2. The molecule has 2 aromatic rings. The predicted octanol–water partition coefficient (Wildman–Crippen LogP) is 4.06. The van der Waals surface area contributed by atoms with Crippen LogP contribution in [0.4, 0.5) is 4.39 Å². The lowest BCUT2D eigenvalue weighted by atomic mass is 9.96. The van der Waals surface area contributed by atoms with Crippen molar-refractivity contribution in [2.75, 3.05) is 33.2 Å². The molecule has 0 saturated carbocycles. The van der Waals surface area contributed by atoms with Crippen LogP contribution in [0, 0.1) is 11.7 Å². The Labute approximate surface area is 191 Å². The van der Waals surface area contributed by atoms with Crippen molar-refractivity contribution in [1.82, 2.24) is 15.5 Å². The molecule has 158 valence electrons. The Morgan fingerprint density at radius 3 is 2.41 bits per heavy atom. The first-order chi connectivity index (χ1) is 13.7. The average molecular weight is 510 g/mol. The van der Waals surface area contributed by atoms with Gasteiger partial charge in [0.2, 0.25) is 0 Å². The Bertz CT molecular complexity index is 746. The summed E-state index contributed by atoms with van der Waals surface area (Å²) in [5, 5.41) is 6.85. The van der Waals surface area contributed by atoms with E-state index in [0.29, 0.717) is 12.5 Å². The van der Waals surface area contributed by atoms with Crippen LogP contribution >= 0.6 is 24.0 Å². The maximum absolute atomic E-state index is 13.8. The van der Waals surface area contributed by atoms with Crippen LogP contribution in [0.3, 0.4) is 0 Å². The lowest BCUT2D eigenvalue weighted by molar-refractivity contribution is 0.176. The van der Waals surface area contributed by atoms with Crippen molar-refractivity contribution in [2.45, 2.75) is 25.8 Å². The lowest BCUT2D eigenvalue weighted by Gasteiger charge is -2.32. The molecular weight excluding hydrogens is 478 g/mol. The maximum atomic E-state index is 13.8. The first kappa shape index (κ1) is 23.6. The van der Waals surface area contributed by atoms with Crippen molar-refractivity contribution < 1.29 is 4.39 Å². The number of guanidine groups is 1. The van der Waals surface area contributed by atoms with E-state index in [1.807, 2.05) is 25.2 Å². The summed E-state index contributed by atoms with van der Waals surface area (Å²) in [4.78, 5) is 6.68. The van der Waals surface area contributed by atoms with E-state index in [1.165, 1.54) is 5.56 Å². The zero-order valence-electron chi connectivity index (χ0n) is 17.1. The predicted molar refractivity (Wildman–Crippen MR) is 129 cm³/mol. The van der Waals surface area contributed by atoms with E-state index in [2.05, 4.69) is 44.8 Å². The molecule has 1 fully saturated rings. The summed E-state index contributed by atoms with van der Waals surface area (Å²) < 4.78 is 13.8. The van der Waals surface area contributed by atoms with Gasteiger partial charge in [-0.2, -0.15) is 0 Å². The van der Waals surface area contributed by atoms with Crippen LogP contribution in [0.5, 0.6) is 0 Å². The van der Waals surface area contributed by atoms with Gasteiger partial charge in [0, 0.05) is 32.2 Å². The molecule has 1 saturated heterocycles. The highest BCUT2D eigenvalue weighted by Crippen LogP contribution is 2.19. The van der Waals surface area contributed by atoms with Crippen LogP contribution in [0.2, 0.25) is 0 Å². The number of halogens is 2. The molecular formula is C23H32FIN4. The largest absolute Gasteiger partial charge is 0.356 e. The summed E-state index contributed by atoms with van der Waals surface area (Å²) in [6, 6.07) is 17.6. The van der Waals surface area contributed by atoms with Crippen molar-refractivity contribution in [3.63, 3.8) is 0 Å². The lowest BCUT2D eigenvalue weighted by Crippen LogP contribution is -2.43. The molecule has 29 heavy (non-hydrogen) atoms. The van der Waals surface area contributed by atoms with Gasteiger partial charge in [-0.05, 0) is 49.9 Å². The van der Waals surface area contributed by atoms with Gasteiger partial charge in [-0.15, -0.1) is 24.0 Å². The number of rotatable bonds is 7. The number of hydrogen-bond donors (Lipinski definition) is 2. The molecule has 0 amide bonds. The topological polar surface area (TPSA) is 39.7 Å². The van der Waals surface area contributed by atoms with E-state index in [9.17, 15) is 4.39 Å². The van der Waals surface area contributed by atoms with Gasteiger partial charge in [0.1, 0.15) is 5.82 Å². The quantitative estimate of drug-likeness (QED) is 0.335. The van der Waals surface area contributed by atoms with Crippen molar-refractivity contribution in [2.24, 2.45) is 10.9 Å². The van der Waals surface area contributed by atoms with E-state index in [0.717, 1.165) is 57.0 Å². The van der Waals surface area contributed by atoms with Gasteiger partial charge in [-0.3, -0.25) is 9.89 Å². The minimum atomic E-state index is -0.100. The SMILES string of the molecule is CN=C(NCCc1ccccc1)NCC1CCN(Cc2ccccc2F)CC1.I. The molecule has 0 spiro atoms. The highest BCUT2D eigenvalue weighted by Gasteiger charge is 2.20. The van der Waals surface area contributed by atoms with Crippen molar-refractivity contribution in [3.05, 3.63) is 71.5 Å². The number of aliphatic imine (C=N–C) groups is 1. The van der Waals surface area contributed by atoms with Gasteiger partial charge >= 0.3 is 0 Å². The molecule has 0 atom stereocenters. The molecule has 1 aliphatic rings. The second-order valence-electron chi connectivity index (χ2n) is 7.43. The maximum Gasteiger partial charge on any atom is 0.190 e. The second kappa shape index (κ2) is 12.8. The van der Waals surface area contributed by atoms with Gasteiger partial charge < -0.3 is 10.6 Å². The molecule has 0 aliphatic carbocycles. The zero-order chi connectivity index (χ0) is 19.6. The number of nitrogens with one attached hydrogen (secondary N) is 2. The van der Waals surface area contributed by atoms with Crippen molar-refractivity contribution >= 4 is 29.9 Å². The zero-order valence-corrected chi connectivity index (χ0v) is 19.4. The molecule has 6 heteroatoms. The molecule has 0 radical (unpaired) electrons. The van der Waals surface area contributed by atoms with Crippen LogP contribution in [0.1, 0.15) is 24.0 Å². The Morgan fingerprint density at radius 2 is 1.72 bits per heavy atom. The Morgan fingerprint density at radius 1 is 1.03 bits per heavy atom. The average Bonchev–Trinajstić information content (AvgIpc) is 2.74. The third kappa shape index (κ3) is 7.93. The van der Waals surface area contributed by atoms with Crippen molar-refractivity contribution in [3.8, 4) is 0 Å². The van der Waals surface area contributed by atoms with Crippen LogP contribution < -0.4 is 10.6 Å². The Kier molecular flexibility index (Phi) is 10.4. The minimum absolute atomic E-state index is 0. The molecule has 0 bridgehead atoms. The van der Waals surface area contributed by atoms with Gasteiger partial charge in [0.05, 0.1) is 0 Å². The van der Waals surface area contributed by atoms with Gasteiger partial charge in [0.15, 0.2) is 5.96 Å². The molecule has 1 heterocycles. The minimum Gasteiger partial charge on any atom is -0.356 e. The number of likely N-dealkylation sites (tertiary alicyclic amines) is 1. The summed E-state index contributed by atoms with van der Waals surface area (Å²) >= 11 is 0. The molecule has 3 rings (SSSR count). The first-order valence-corrected chi connectivity index (χ1v) is 10.2. The van der Waals surface area contributed by atoms with Crippen molar-refractivity contribution in [1.29, 1.82) is 0 Å². The van der Waals surface area contributed by atoms with Gasteiger partial charge in [-0.25, -0.2) is 4.39 Å². The number of hydrogen-bond acceptors (Lipinski definition) is 2. The summed E-state index contributed by atoms with van der Waals surface area (Å²) in [6.07, 6.45) is 3.24. The van der Waals surface area contributed by atoms with Gasteiger partial charge in [0.25, 0.3) is 0 Å².